The van der Waals surface area contributed by atoms with Gasteiger partial charge in [0.2, 0.25) is 0 Å². The van der Waals surface area contributed by atoms with Crippen molar-refractivity contribution >= 4 is 5.97 Å². The summed E-state index contributed by atoms with van der Waals surface area (Å²) in [6.07, 6.45) is 11.3. The molecule has 3 rings (SSSR count). The molecule has 0 aliphatic heterocycles. The second-order valence-electron chi connectivity index (χ2n) is 9.37. The highest BCUT2D eigenvalue weighted by atomic mass is 16.6. The van der Waals surface area contributed by atoms with Gasteiger partial charge in [-0.2, -0.15) is 0 Å². The van der Waals surface area contributed by atoms with E-state index in [2.05, 4.69) is 27.7 Å². The van der Waals surface area contributed by atoms with E-state index in [1.54, 1.807) is 0 Å². The minimum absolute atomic E-state index is 0.0317. The normalized spacial score (nSPS) is 35.4. The smallest absolute Gasteiger partial charge is 0.309 e. The molecule has 3 aliphatic carbocycles. The highest BCUT2D eigenvalue weighted by Crippen LogP contribution is 2.66. The highest BCUT2D eigenvalue weighted by molar-refractivity contribution is 5.72. The number of hydrogen-bond donors (Lipinski definition) is 0. The fourth-order valence-electron chi connectivity index (χ4n) is 7.05. The van der Waals surface area contributed by atoms with Crippen LogP contribution in [-0.2, 0) is 9.53 Å². The van der Waals surface area contributed by atoms with E-state index >= 15 is 0 Å². The molecule has 0 aromatic carbocycles. The van der Waals surface area contributed by atoms with E-state index in [0.717, 1.165) is 48.9 Å². The molecule has 3 aliphatic rings. The van der Waals surface area contributed by atoms with Crippen molar-refractivity contribution in [3.05, 3.63) is 0 Å². The van der Waals surface area contributed by atoms with Crippen molar-refractivity contribution in [1.29, 1.82) is 0 Å². The third-order valence-corrected chi connectivity index (χ3v) is 8.50. The Balaban J connectivity index is 0.00000126. The first-order valence-electron chi connectivity index (χ1n) is 12.2. The molecule has 0 N–H and O–H groups in total. The third-order valence-electron chi connectivity index (χ3n) is 8.50. The topological polar surface area (TPSA) is 26.3 Å². The van der Waals surface area contributed by atoms with Gasteiger partial charge in [-0.05, 0) is 74.5 Å². The zero-order valence-electron chi connectivity index (χ0n) is 19.2. The molecule has 0 spiro atoms. The van der Waals surface area contributed by atoms with Crippen LogP contribution >= 0.6 is 0 Å². The molecule has 158 valence electrons. The summed E-state index contributed by atoms with van der Waals surface area (Å²) in [7, 11) is 0. The molecule has 2 nitrogen and oxygen atoms in total. The lowest BCUT2D eigenvalue weighted by Gasteiger charge is -2.45. The molecule has 0 heterocycles. The van der Waals surface area contributed by atoms with Gasteiger partial charge in [0.15, 0.2) is 0 Å². The zero-order valence-corrected chi connectivity index (χ0v) is 19.2. The predicted octanol–water partition coefficient (Wildman–Crippen LogP) is 7.26. The fourth-order valence-corrected chi connectivity index (χ4v) is 7.05. The first-order valence-corrected chi connectivity index (χ1v) is 12.2. The van der Waals surface area contributed by atoms with Crippen LogP contribution < -0.4 is 0 Å². The lowest BCUT2D eigenvalue weighted by molar-refractivity contribution is -0.177. The van der Waals surface area contributed by atoms with Gasteiger partial charge in [0.25, 0.3) is 0 Å². The van der Waals surface area contributed by atoms with Gasteiger partial charge in [-0.15, -0.1) is 0 Å². The van der Waals surface area contributed by atoms with E-state index in [9.17, 15) is 4.79 Å². The monoisotopic (exact) mass is 378 g/mol. The van der Waals surface area contributed by atoms with E-state index in [1.807, 2.05) is 20.8 Å². The van der Waals surface area contributed by atoms with Gasteiger partial charge < -0.3 is 4.74 Å². The maximum atomic E-state index is 12.6. The van der Waals surface area contributed by atoms with Gasteiger partial charge in [-0.1, -0.05) is 61.3 Å². The molecule has 0 radical (unpaired) electrons. The summed E-state index contributed by atoms with van der Waals surface area (Å²) >= 11 is 0. The molecule has 0 aromatic heterocycles. The largest absolute Gasteiger partial charge is 0.459 e. The molecule has 2 bridgehead atoms. The van der Waals surface area contributed by atoms with Crippen LogP contribution in [0.15, 0.2) is 0 Å². The third kappa shape index (κ3) is 4.10. The Bertz CT molecular complexity index is 467. The fraction of sp³-hybridized carbons (Fsp3) is 0.960. The molecule has 0 saturated heterocycles. The number of ether oxygens (including phenoxy) is 1. The van der Waals surface area contributed by atoms with Crippen molar-refractivity contribution in [3.63, 3.8) is 0 Å². The standard InChI is InChI=1S/C23H40O2.C2H6/c1-6-10-16-11-12-18-19-13-17(21(16)18)14-20(19)23(8-3,9-4)25-22(24)15(5)7-2;1-2/h15-21H,6-14H2,1-5H3;1-2H3. The summed E-state index contributed by atoms with van der Waals surface area (Å²) in [5.74, 6) is 5.34. The Hall–Kier alpha value is -0.530. The first kappa shape index (κ1) is 22.8. The molecule has 0 aromatic rings. The molecule has 7 unspecified atom stereocenters. The molecular weight excluding hydrogens is 332 g/mol. The van der Waals surface area contributed by atoms with Crippen LogP contribution in [0.3, 0.4) is 0 Å². The van der Waals surface area contributed by atoms with Gasteiger partial charge in [-0.3, -0.25) is 4.79 Å². The summed E-state index contributed by atoms with van der Waals surface area (Å²) in [6.45, 7) is 14.9. The molecule has 3 saturated carbocycles. The van der Waals surface area contributed by atoms with Crippen LogP contribution in [0.2, 0.25) is 0 Å². The van der Waals surface area contributed by atoms with Crippen molar-refractivity contribution < 1.29 is 9.53 Å². The maximum Gasteiger partial charge on any atom is 0.309 e. The summed E-state index contributed by atoms with van der Waals surface area (Å²) in [4.78, 5) is 12.6. The van der Waals surface area contributed by atoms with Crippen LogP contribution in [0.1, 0.15) is 106 Å². The zero-order chi connectivity index (χ0) is 20.2. The van der Waals surface area contributed by atoms with Crippen LogP contribution in [0, 0.1) is 41.4 Å². The lowest BCUT2D eigenvalue weighted by atomic mass is 9.66. The van der Waals surface area contributed by atoms with Gasteiger partial charge in [-0.25, -0.2) is 0 Å². The van der Waals surface area contributed by atoms with Crippen LogP contribution in [0.5, 0.6) is 0 Å². The van der Waals surface area contributed by atoms with E-state index < -0.39 is 0 Å². The number of carbonyl (C=O) groups is 1. The van der Waals surface area contributed by atoms with E-state index in [1.165, 1.54) is 38.5 Å². The predicted molar refractivity (Wildman–Crippen MR) is 115 cm³/mol. The average molecular weight is 379 g/mol. The highest BCUT2D eigenvalue weighted by Gasteiger charge is 2.61. The number of fused-ring (bicyclic) bond motifs is 5. The Morgan fingerprint density at radius 1 is 1.04 bits per heavy atom. The summed E-state index contributed by atoms with van der Waals surface area (Å²) in [6, 6.07) is 0. The van der Waals surface area contributed by atoms with Gasteiger partial charge in [0.1, 0.15) is 5.60 Å². The van der Waals surface area contributed by atoms with E-state index in [4.69, 9.17) is 4.74 Å². The minimum Gasteiger partial charge on any atom is -0.459 e. The minimum atomic E-state index is -0.201. The Morgan fingerprint density at radius 2 is 1.70 bits per heavy atom. The van der Waals surface area contributed by atoms with Gasteiger partial charge in [0, 0.05) is 5.92 Å². The maximum absolute atomic E-state index is 12.6. The Labute approximate surface area is 169 Å². The van der Waals surface area contributed by atoms with Crippen molar-refractivity contribution in [1.82, 2.24) is 0 Å². The van der Waals surface area contributed by atoms with E-state index in [-0.39, 0.29) is 17.5 Å². The van der Waals surface area contributed by atoms with Gasteiger partial charge >= 0.3 is 5.97 Å². The quantitative estimate of drug-likeness (QED) is 0.415. The molecule has 2 heteroatoms. The molecule has 0 amide bonds. The van der Waals surface area contributed by atoms with Crippen LogP contribution in [-0.4, -0.2) is 11.6 Å². The Kier molecular flexibility index (Phi) is 8.25. The van der Waals surface area contributed by atoms with Crippen molar-refractivity contribution in [2.45, 2.75) is 112 Å². The summed E-state index contributed by atoms with van der Waals surface area (Å²) in [5, 5.41) is 0. The van der Waals surface area contributed by atoms with Crippen LogP contribution in [0.4, 0.5) is 0 Å². The van der Waals surface area contributed by atoms with Crippen molar-refractivity contribution in [3.8, 4) is 0 Å². The molecular formula is C25H46O2. The van der Waals surface area contributed by atoms with E-state index in [0.29, 0.717) is 5.92 Å². The number of rotatable bonds is 8. The SMILES string of the molecule is CC.CCCC1CCC2C3CC(CC3C(CC)(CC)OC(=O)C(C)CC)C12. The lowest BCUT2D eigenvalue weighted by Crippen LogP contribution is -2.47. The van der Waals surface area contributed by atoms with Crippen molar-refractivity contribution in [2.24, 2.45) is 41.4 Å². The van der Waals surface area contributed by atoms with Gasteiger partial charge in [0.05, 0.1) is 5.92 Å². The second-order valence-corrected chi connectivity index (χ2v) is 9.37. The Morgan fingerprint density at radius 3 is 2.26 bits per heavy atom. The van der Waals surface area contributed by atoms with Crippen molar-refractivity contribution in [2.75, 3.05) is 0 Å². The number of carbonyl (C=O) groups excluding carboxylic acids is 1. The molecule has 3 fully saturated rings. The molecule has 27 heavy (non-hydrogen) atoms. The average Bonchev–Trinajstić information content (AvgIpc) is 3.40. The number of hydrogen-bond acceptors (Lipinski definition) is 2. The first-order chi connectivity index (χ1) is 13.0. The summed E-state index contributed by atoms with van der Waals surface area (Å²) in [5.41, 5.74) is -0.201. The number of esters is 1. The van der Waals surface area contributed by atoms with Crippen LogP contribution in [0.25, 0.3) is 0 Å². The summed E-state index contributed by atoms with van der Waals surface area (Å²) < 4.78 is 6.31. The molecule has 7 atom stereocenters. The second kappa shape index (κ2) is 9.79.